The van der Waals surface area contributed by atoms with Gasteiger partial charge in [0.15, 0.2) is 0 Å². The highest BCUT2D eigenvalue weighted by Crippen LogP contribution is 2.61. The molecule has 9 aromatic rings. The fraction of sp³-hybridized carbons (Fsp3) is 0.107. The van der Waals surface area contributed by atoms with Gasteiger partial charge in [0, 0.05) is 32.9 Å². The molecular formula is C56H43BN2S. The van der Waals surface area contributed by atoms with Crippen LogP contribution in [-0.2, 0) is 11.8 Å². The van der Waals surface area contributed by atoms with E-state index < -0.39 is 5.41 Å². The molecule has 8 aromatic carbocycles. The summed E-state index contributed by atoms with van der Waals surface area (Å²) in [7, 11) is 0. The highest BCUT2D eigenvalue weighted by atomic mass is 32.1. The lowest BCUT2D eigenvalue weighted by molar-refractivity contribution is 0.734. The summed E-state index contributed by atoms with van der Waals surface area (Å²) < 4.78 is 1.31. The molecule has 286 valence electrons. The Morgan fingerprint density at radius 1 is 0.550 bits per heavy atom. The van der Waals surface area contributed by atoms with Gasteiger partial charge in [-0.3, -0.25) is 0 Å². The lowest BCUT2D eigenvalue weighted by Gasteiger charge is -2.52. The predicted octanol–water partition coefficient (Wildman–Crippen LogP) is 13.6. The molecule has 0 saturated heterocycles. The number of nitrogens with zero attached hydrogens (tertiary/aromatic N) is 2. The van der Waals surface area contributed by atoms with Gasteiger partial charge in [-0.15, -0.1) is 11.3 Å². The number of thiophene rings is 1. The SMILES string of the molecule is CCCCc1ccc(N2c3cc(C)cc4c3B(c3c2sc2ccccc32)N2c3ccccc3C(c3ccccc3)(c3ccccc3)c3cccc-4c32)c(-c2ccccc2)c1. The molecule has 0 atom stereocenters. The number of unbranched alkanes of at least 4 members (excludes halogenated alkanes) is 1. The van der Waals surface area contributed by atoms with Gasteiger partial charge in [0.25, 0.3) is 0 Å². The number of benzene rings is 8. The van der Waals surface area contributed by atoms with Crippen molar-refractivity contribution in [1.29, 1.82) is 0 Å². The minimum Gasteiger partial charge on any atom is -0.376 e. The van der Waals surface area contributed by atoms with Crippen molar-refractivity contribution in [2.24, 2.45) is 0 Å². The van der Waals surface area contributed by atoms with Crippen molar-refractivity contribution < 1.29 is 0 Å². The van der Waals surface area contributed by atoms with Crippen molar-refractivity contribution >= 4 is 66.9 Å². The van der Waals surface area contributed by atoms with Gasteiger partial charge in [0.2, 0.25) is 0 Å². The van der Waals surface area contributed by atoms with Gasteiger partial charge in [-0.25, -0.2) is 0 Å². The summed E-state index contributed by atoms with van der Waals surface area (Å²) >= 11 is 1.93. The van der Waals surface area contributed by atoms with E-state index in [2.05, 4.69) is 212 Å². The van der Waals surface area contributed by atoms with Crippen molar-refractivity contribution in [3.63, 3.8) is 0 Å². The average molecular weight is 787 g/mol. The first-order valence-electron chi connectivity index (χ1n) is 21.4. The summed E-state index contributed by atoms with van der Waals surface area (Å²) in [5.74, 6) is 0. The summed E-state index contributed by atoms with van der Waals surface area (Å²) in [4.78, 5) is 5.38. The molecule has 4 heterocycles. The molecule has 0 amide bonds. The van der Waals surface area contributed by atoms with Crippen molar-refractivity contribution in [1.82, 2.24) is 0 Å². The second kappa shape index (κ2) is 13.7. The third-order valence-corrected chi connectivity index (χ3v) is 14.5. The van der Waals surface area contributed by atoms with Crippen LogP contribution in [0, 0.1) is 6.92 Å². The van der Waals surface area contributed by atoms with Gasteiger partial charge in [-0.2, -0.15) is 0 Å². The van der Waals surface area contributed by atoms with Crippen LogP contribution >= 0.6 is 11.3 Å². The number of rotatable bonds is 7. The second-order valence-corrected chi connectivity index (χ2v) is 17.7. The highest BCUT2D eigenvalue weighted by molar-refractivity contribution is 7.26. The van der Waals surface area contributed by atoms with E-state index in [1.165, 1.54) is 117 Å². The largest absolute Gasteiger partial charge is 0.376 e. The van der Waals surface area contributed by atoms with Crippen molar-refractivity contribution in [2.75, 3.05) is 9.71 Å². The number of hydrogen-bond acceptors (Lipinski definition) is 3. The molecule has 0 saturated carbocycles. The predicted molar refractivity (Wildman–Crippen MR) is 256 cm³/mol. The molecule has 2 nitrogen and oxygen atoms in total. The summed E-state index contributed by atoms with van der Waals surface area (Å²) in [6.45, 7) is 4.51. The van der Waals surface area contributed by atoms with Crippen LogP contribution in [0.5, 0.6) is 0 Å². The van der Waals surface area contributed by atoms with Gasteiger partial charge in [0.1, 0.15) is 0 Å². The Kier molecular flexibility index (Phi) is 8.08. The van der Waals surface area contributed by atoms with Gasteiger partial charge in [0.05, 0.1) is 16.1 Å². The maximum atomic E-state index is 2.74. The Morgan fingerprint density at radius 2 is 1.23 bits per heavy atom. The van der Waals surface area contributed by atoms with Gasteiger partial charge >= 0.3 is 6.85 Å². The summed E-state index contributed by atoms with van der Waals surface area (Å²) in [5.41, 5.74) is 20.2. The van der Waals surface area contributed by atoms with Crippen LogP contribution in [0.4, 0.5) is 27.8 Å². The van der Waals surface area contributed by atoms with Crippen LogP contribution in [0.1, 0.15) is 53.1 Å². The Hall–Kier alpha value is -6.62. The molecule has 0 unspecified atom stereocenters. The number of anilines is 5. The lowest BCUT2D eigenvalue weighted by Crippen LogP contribution is -2.63. The van der Waals surface area contributed by atoms with E-state index in [1.54, 1.807) is 0 Å². The molecular weight excluding hydrogens is 744 g/mol. The van der Waals surface area contributed by atoms with Crippen LogP contribution in [-0.4, -0.2) is 6.85 Å². The van der Waals surface area contributed by atoms with Crippen molar-refractivity contribution in [3.05, 3.63) is 221 Å². The zero-order chi connectivity index (χ0) is 40.0. The number of aryl methyl sites for hydroxylation is 2. The molecule has 0 fully saturated rings. The third-order valence-electron chi connectivity index (χ3n) is 13.3. The first-order chi connectivity index (χ1) is 29.7. The van der Waals surface area contributed by atoms with E-state index in [0.29, 0.717) is 0 Å². The van der Waals surface area contributed by atoms with Crippen LogP contribution in [0.25, 0.3) is 32.3 Å². The van der Waals surface area contributed by atoms with E-state index in [1.807, 2.05) is 11.3 Å². The molecule has 0 aliphatic carbocycles. The minimum atomic E-state index is -0.532. The zero-order valence-corrected chi connectivity index (χ0v) is 34.7. The van der Waals surface area contributed by atoms with E-state index in [9.17, 15) is 0 Å². The maximum Gasteiger partial charge on any atom is 0.334 e. The molecule has 60 heavy (non-hydrogen) atoms. The Morgan fingerprint density at radius 3 is 2.00 bits per heavy atom. The van der Waals surface area contributed by atoms with Crippen LogP contribution < -0.4 is 20.6 Å². The van der Waals surface area contributed by atoms with Crippen LogP contribution in [0.2, 0.25) is 0 Å². The summed E-state index contributed by atoms with van der Waals surface area (Å²) in [6.07, 6.45) is 3.43. The van der Waals surface area contributed by atoms with E-state index in [0.717, 1.165) is 6.42 Å². The van der Waals surface area contributed by atoms with E-state index in [4.69, 9.17) is 0 Å². The second-order valence-electron chi connectivity index (χ2n) is 16.7. The fourth-order valence-corrected chi connectivity index (χ4v) is 12.2. The van der Waals surface area contributed by atoms with Crippen molar-refractivity contribution in [3.8, 4) is 22.3 Å². The first-order valence-corrected chi connectivity index (χ1v) is 22.3. The Bertz CT molecular complexity index is 3080. The topological polar surface area (TPSA) is 6.48 Å². The van der Waals surface area contributed by atoms with E-state index >= 15 is 0 Å². The fourth-order valence-electron chi connectivity index (χ4n) is 10.9. The average Bonchev–Trinajstić information content (AvgIpc) is 3.69. The smallest absolute Gasteiger partial charge is 0.334 e. The first kappa shape index (κ1) is 35.3. The molecule has 1 aromatic heterocycles. The van der Waals surface area contributed by atoms with Crippen LogP contribution in [0.15, 0.2) is 188 Å². The van der Waals surface area contributed by atoms with Crippen molar-refractivity contribution in [2.45, 2.75) is 38.5 Å². The zero-order valence-electron chi connectivity index (χ0n) is 33.9. The van der Waals surface area contributed by atoms with Crippen LogP contribution in [0.3, 0.4) is 0 Å². The number of hydrogen-bond donors (Lipinski definition) is 0. The highest BCUT2D eigenvalue weighted by Gasteiger charge is 2.54. The number of fused-ring (bicyclic) bond motifs is 8. The summed E-state index contributed by atoms with van der Waals surface area (Å²) in [6, 6.07) is 71.1. The Balaban J connectivity index is 1.21. The maximum absolute atomic E-state index is 2.74. The standard InChI is InChI=1S/C56H43BN2S/c1-3-4-19-38-32-33-48(44(36-38)39-20-8-5-9-21-39)58-50-35-37(2)34-45-42-27-18-29-47-54(42)59(57(52(45)50)53-43-26-14-17-31-51(43)60-55(53)58)49-30-16-15-28-46(49)56(47,40-22-10-6-11-23-40)41-24-12-7-13-25-41/h5-18,20-36H,3-4,19H2,1-2H3. The molecule has 0 bridgehead atoms. The normalized spacial score (nSPS) is 14.1. The molecule has 0 radical (unpaired) electrons. The summed E-state index contributed by atoms with van der Waals surface area (Å²) in [5, 5.41) is 2.62. The molecule has 4 heteroatoms. The molecule has 3 aliphatic heterocycles. The minimum absolute atomic E-state index is 0.0543. The third kappa shape index (κ3) is 4.95. The van der Waals surface area contributed by atoms with Gasteiger partial charge in [-0.1, -0.05) is 171 Å². The molecule has 12 rings (SSSR count). The monoisotopic (exact) mass is 786 g/mol. The molecule has 3 aliphatic rings. The quantitative estimate of drug-likeness (QED) is 0.149. The molecule has 0 N–H and O–H groups in total. The van der Waals surface area contributed by atoms with Gasteiger partial charge in [-0.05, 0) is 111 Å². The Labute approximate surface area is 357 Å². The van der Waals surface area contributed by atoms with Gasteiger partial charge < -0.3 is 9.71 Å². The van der Waals surface area contributed by atoms with E-state index in [-0.39, 0.29) is 6.85 Å². The lowest BCUT2D eigenvalue weighted by atomic mass is 9.42. The number of para-hydroxylation sites is 2. The molecule has 0 spiro atoms.